The minimum Gasteiger partial charge on any atom is -0.281 e. The molecule has 0 fully saturated rings. The summed E-state index contributed by atoms with van der Waals surface area (Å²) in [5, 5.41) is -0.280. The van der Waals surface area contributed by atoms with Crippen LogP contribution < -0.4 is 0 Å². The molecule has 0 radical (unpaired) electrons. The van der Waals surface area contributed by atoms with Crippen molar-refractivity contribution in [3.05, 3.63) is 71.8 Å². The molecule has 1 nitrogen and oxygen atoms in total. The van der Waals surface area contributed by atoms with Gasteiger partial charge in [0.1, 0.15) is 0 Å². The summed E-state index contributed by atoms with van der Waals surface area (Å²) < 4.78 is 0. The summed E-state index contributed by atoms with van der Waals surface area (Å²) in [6, 6.07) is 19.9. The van der Waals surface area contributed by atoms with Gasteiger partial charge in [-0.2, -0.15) is 0 Å². The number of carbonyl (C=O) groups excluding carboxylic acids is 1. The third-order valence-corrected chi connectivity index (χ3v) is 3.30. The molecule has 0 aliphatic heterocycles. The molecule has 2 heteroatoms. The Morgan fingerprint density at radius 3 is 2.06 bits per heavy atom. The number of hydrogen-bond acceptors (Lipinski definition) is 1. The molecule has 0 aromatic heterocycles. The molecule has 0 aliphatic rings. The van der Waals surface area contributed by atoms with Gasteiger partial charge in [0.25, 0.3) is 0 Å². The van der Waals surface area contributed by atoms with Crippen LogP contribution in [0.4, 0.5) is 0 Å². The maximum atomic E-state index is 11.5. The summed E-state index contributed by atoms with van der Waals surface area (Å²) in [6.45, 7) is 0. The molecule has 2 aromatic carbocycles. The molecule has 2 rings (SSSR count). The largest absolute Gasteiger partial charge is 0.281 e. The number of aryl methyl sites for hydroxylation is 1. The van der Waals surface area contributed by atoms with E-state index in [4.69, 9.17) is 11.6 Å². The van der Waals surface area contributed by atoms with E-state index in [9.17, 15) is 4.79 Å². The van der Waals surface area contributed by atoms with E-state index < -0.39 is 0 Å². The van der Waals surface area contributed by atoms with Crippen LogP contribution in [0.3, 0.4) is 0 Å². The van der Waals surface area contributed by atoms with Crippen molar-refractivity contribution in [1.82, 2.24) is 0 Å². The van der Waals surface area contributed by atoms with Crippen molar-refractivity contribution in [2.75, 3.05) is 0 Å². The Balaban J connectivity index is 2.06. The van der Waals surface area contributed by atoms with Gasteiger partial charge in [-0.05, 0) is 35.6 Å². The SMILES string of the molecule is O=C(Cl)C(CCc1ccccc1)c1ccccc1. The molecule has 0 saturated carbocycles. The van der Waals surface area contributed by atoms with Crippen molar-refractivity contribution in [3.63, 3.8) is 0 Å². The predicted molar refractivity (Wildman–Crippen MR) is 74.8 cm³/mol. The van der Waals surface area contributed by atoms with Gasteiger partial charge < -0.3 is 0 Å². The predicted octanol–water partition coefficient (Wildman–Crippen LogP) is 4.17. The fourth-order valence-corrected chi connectivity index (χ4v) is 2.29. The van der Waals surface area contributed by atoms with Crippen molar-refractivity contribution in [2.24, 2.45) is 0 Å². The van der Waals surface area contributed by atoms with Gasteiger partial charge in [-0.15, -0.1) is 0 Å². The van der Waals surface area contributed by atoms with E-state index in [0.717, 1.165) is 18.4 Å². The van der Waals surface area contributed by atoms with E-state index in [1.807, 2.05) is 48.5 Å². The molecule has 0 N–H and O–H groups in total. The smallest absolute Gasteiger partial charge is 0.229 e. The maximum Gasteiger partial charge on any atom is 0.229 e. The highest BCUT2D eigenvalue weighted by Crippen LogP contribution is 2.24. The van der Waals surface area contributed by atoms with Crippen molar-refractivity contribution in [1.29, 1.82) is 0 Å². The molecular weight excluding hydrogens is 244 g/mol. The fourth-order valence-electron chi connectivity index (χ4n) is 2.05. The van der Waals surface area contributed by atoms with Crippen molar-refractivity contribution in [2.45, 2.75) is 18.8 Å². The first-order valence-electron chi connectivity index (χ1n) is 6.05. The molecule has 0 aliphatic carbocycles. The molecule has 1 unspecified atom stereocenters. The topological polar surface area (TPSA) is 17.1 Å². The molecule has 18 heavy (non-hydrogen) atoms. The molecule has 1 atom stereocenters. The normalized spacial score (nSPS) is 12.1. The van der Waals surface area contributed by atoms with Crippen LogP contribution in [0.5, 0.6) is 0 Å². The Kier molecular flexibility index (Phi) is 4.54. The van der Waals surface area contributed by atoms with Gasteiger partial charge in [-0.25, -0.2) is 0 Å². The number of hydrogen-bond donors (Lipinski definition) is 0. The molecule has 92 valence electrons. The van der Waals surface area contributed by atoms with Crippen LogP contribution in [0.2, 0.25) is 0 Å². The lowest BCUT2D eigenvalue weighted by atomic mass is 9.93. The highest BCUT2D eigenvalue weighted by molar-refractivity contribution is 6.64. The van der Waals surface area contributed by atoms with E-state index in [0.29, 0.717) is 0 Å². The zero-order valence-electron chi connectivity index (χ0n) is 10.1. The van der Waals surface area contributed by atoms with Gasteiger partial charge in [-0.1, -0.05) is 60.7 Å². The lowest BCUT2D eigenvalue weighted by Gasteiger charge is -2.12. The van der Waals surface area contributed by atoms with Crippen LogP contribution in [0.1, 0.15) is 23.5 Å². The average molecular weight is 259 g/mol. The van der Waals surface area contributed by atoms with E-state index in [-0.39, 0.29) is 11.2 Å². The average Bonchev–Trinajstić information content (AvgIpc) is 2.41. The summed E-state index contributed by atoms with van der Waals surface area (Å²) in [6.07, 6.45) is 1.61. The van der Waals surface area contributed by atoms with Crippen LogP contribution in [0, 0.1) is 0 Å². The number of carbonyl (C=O) groups is 1. The van der Waals surface area contributed by atoms with E-state index in [1.54, 1.807) is 0 Å². The van der Waals surface area contributed by atoms with Gasteiger partial charge >= 0.3 is 0 Å². The Morgan fingerprint density at radius 1 is 0.944 bits per heavy atom. The number of halogens is 1. The van der Waals surface area contributed by atoms with Crippen molar-refractivity contribution in [3.8, 4) is 0 Å². The summed E-state index contributed by atoms with van der Waals surface area (Å²) >= 11 is 5.71. The minimum atomic E-state index is -0.280. The zero-order valence-corrected chi connectivity index (χ0v) is 10.8. The van der Waals surface area contributed by atoms with Crippen LogP contribution in [0.15, 0.2) is 60.7 Å². The second kappa shape index (κ2) is 6.36. The maximum absolute atomic E-state index is 11.5. The summed E-state index contributed by atoms with van der Waals surface area (Å²) in [5.74, 6) is -0.215. The van der Waals surface area contributed by atoms with E-state index in [2.05, 4.69) is 12.1 Å². The van der Waals surface area contributed by atoms with E-state index in [1.165, 1.54) is 5.56 Å². The van der Waals surface area contributed by atoms with Crippen LogP contribution in [0.25, 0.3) is 0 Å². The third-order valence-electron chi connectivity index (χ3n) is 3.04. The molecule has 0 heterocycles. The Labute approximate surface area is 112 Å². The number of rotatable bonds is 5. The summed E-state index contributed by atoms with van der Waals surface area (Å²) in [5.41, 5.74) is 2.23. The molecular formula is C16H15ClO. The Hall–Kier alpha value is -1.60. The monoisotopic (exact) mass is 258 g/mol. The van der Waals surface area contributed by atoms with Gasteiger partial charge in [0.05, 0.1) is 5.92 Å². The second-order valence-electron chi connectivity index (χ2n) is 4.29. The zero-order chi connectivity index (χ0) is 12.8. The quantitative estimate of drug-likeness (QED) is 0.736. The van der Waals surface area contributed by atoms with Gasteiger partial charge in [0.2, 0.25) is 5.24 Å². The minimum absolute atomic E-state index is 0.215. The molecule has 0 spiro atoms. The van der Waals surface area contributed by atoms with Crippen LogP contribution in [-0.4, -0.2) is 5.24 Å². The Morgan fingerprint density at radius 2 is 1.50 bits per heavy atom. The first-order valence-corrected chi connectivity index (χ1v) is 6.43. The fraction of sp³-hybridized carbons (Fsp3) is 0.188. The molecule has 0 saturated heterocycles. The van der Waals surface area contributed by atoms with E-state index >= 15 is 0 Å². The Bertz CT molecular complexity index is 493. The van der Waals surface area contributed by atoms with Gasteiger partial charge in [0.15, 0.2) is 0 Å². The lowest BCUT2D eigenvalue weighted by Crippen LogP contribution is -2.08. The first-order chi connectivity index (χ1) is 8.77. The summed E-state index contributed by atoms with van der Waals surface area (Å²) in [4.78, 5) is 11.5. The first kappa shape index (κ1) is 12.8. The van der Waals surface area contributed by atoms with Crippen LogP contribution >= 0.6 is 11.6 Å². The van der Waals surface area contributed by atoms with Crippen LogP contribution in [-0.2, 0) is 11.2 Å². The van der Waals surface area contributed by atoms with Crippen molar-refractivity contribution >= 4 is 16.8 Å². The summed E-state index contributed by atoms with van der Waals surface area (Å²) in [7, 11) is 0. The van der Waals surface area contributed by atoms with Gasteiger partial charge in [0, 0.05) is 0 Å². The molecule has 0 amide bonds. The third kappa shape index (κ3) is 3.44. The highest BCUT2D eigenvalue weighted by atomic mass is 35.5. The number of benzene rings is 2. The molecule has 2 aromatic rings. The highest BCUT2D eigenvalue weighted by Gasteiger charge is 2.17. The second-order valence-corrected chi connectivity index (χ2v) is 4.66. The standard InChI is InChI=1S/C16H15ClO/c17-16(18)15(14-9-5-2-6-10-14)12-11-13-7-3-1-4-8-13/h1-10,15H,11-12H2. The lowest BCUT2D eigenvalue weighted by molar-refractivity contribution is -0.113. The molecule has 0 bridgehead atoms. The van der Waals surface area contributed by atoms with Crippen molar-refractivity contribution < 1.29 is 4.79 Å². The van der Waals surface area contributed by atoms with Gasteiger partial charge in [-0.3, -0.25) is 4.79 Å².